The third-order valence-corrected chi connectivity index (χ3v) is 13.7. The Morgan fingerprint density at radius 1 is 0.667 bits per heavy atom. The van der Waals surface area contributed by atoms with E-state index in [9.17, 15) is 38.4 Å². The molecule has 0 radical (unpaired) electrons. The average molecular weight is 665 g/mol. The van der Waals surface area contributed by atoms with Crippen LogP contribution in [-0.2, 0) is 30.2 Å². The molecule has 0 aliphatic heterocycles. The molecule has 240 valence electrons. The van der Waals surface area contributed by atoms with Crippen molar-refractivity contribution in [2.24, 2.45) is 0 Å². The third kappa shape index (κ3) is 6.90. The molecule has 0 aromatic heterocycles. The summed E-state index contributed by atoms with van der Waals surface area (Å²) in [6.45, 7) is 0. The molecule has 0 unspecified atom stereocenters. The molecule has 3 aliphatic carbocycles. The highest BCUT2D eigenvalue weighted by Crippen LogP contribution is 2.48. The Labute approximate surface area is 244 Å². The minimum absolute atomic E-state index is 0.166. The molecule has 4 rings (SSSR count). The summed E-state index contributed by atoms with van der Waals surface area (Å²) in [6.07, 6.45) is 13.1. The van der Waals surface area contributed by atoms with Gasteiger partial charge in [0.05, 0.1) is 0 Å². The lowest BCUT2D eigenvalue weighted by molar-refractivity contribution is -0.0441. The quantitative estimate of drug-likeness (QED) is 0.178. The minimum atomic E-state index is -6.99. The van der Waals surface area contributed by atoms with Crippen molar-refractivity contribution in [3.05, 3.63) is 35.2 Å². The second kappa shape index (κ2) is 12.5. The highest BCUT2D eigenvalue weighted by atomic mass is 32.3. The Morgan fingerprint density at radius 3 is 1.60 bits per heavy atom. The number of alkyl halides is 5. The van der Waals surface area contributed by atoms with Gasteiger partial charge in [-0.25, -0.2) is 16.8 Å². The predicted molar refractivity (Wildman–Crippen MR) is 145 cm³/mol. The maximum Gasteiger partial charge on any atom is 0.512 e. The smallest absolute Gasteiger partial charge is 0.377 e. The molecule has 1 aromatic rings. The molecule has 3 fully saturated rings. The van der Waals surface area contributed by atoms with Crippen molar-refractivity contribution in [3.63, 3.8) is 0 Å². The highest BCUT2D eigenvalue weighted by molar-refractivity contribution is 8.12. The fourth-order valence-corrected chi connectivity index (χ4v) is 10.2. The molecule has 0 spiro atoms. The van der Waals surface area contributed by atoms with Crippen molar-refractivity contribution in [1.29, 1.82) is 0 Å². The number of sulfonamides is 2. The Balaban J connectivity index is 1.83. The van der Waals surface area contributed by atoms with Crippen molar-refractivity contribution in [3.8, 4) is 5.75 Å². The van der Waals surface area contributed by atoms with Gasteiger partial charge in [-0.3, -0.25) is 0 Å². The van der Waals surface area contributed by atoms with E-state index in [-0.39, 0.29) is 21.9 Å². The molecular weight excluding hydrogens is 629 g/mol. The van der Waals surface area contributed by atoms with Gasteiger partial charge in [0.1, 0.15) is 5.75 Å². The predicted octanol–water partition coefficient (Wildman–Crippen LogP) is 6.67. The summed E-state index contributed by atoms with van der Waals surface area (Å²) in [5.74, 6) is -0.823. The molecule has 16 heteroatoms. The summed E-state index contributed by atoms with van der Waals surface area (Å²) in [6, 6.07) is 3.51. The zero-order valence-corrected chi connectivity index (χ0v) is 25.3. The van der Waals surface area contributed by atoms with Crippen molar-refractivity contribution in [2.75, 3.05) is 0 Å². The molecule has 0 heterocycles. The monoisotopic (exact) mass is 664 g/mol. The Hall–Kier alpha value is -1.52. The fourth-order valence-electron chi connectivity index (χ4n) is 6.26. The van der Waals surface area contributed by atoms with Gasteiger partial charge in [-0.1, -0.05) is 67.6 Å². The zero-order valence-electron chi connectivity index (χ0n) is 22.8. The van der Waals surface area contributed by atoms with Crippen molar-refractivity contribution in [1.82, 2.24) is 4.13 Å². The number of hydrogen-bond donors (Lipinski definition) is 1. The molecule has 0 amide bonds. The number of rotatable bonds is 9. The van der Waals surface area contributed by atoms with E-state index >= 15 is 8.78 Å². The van der Waals surface area contributed by atoms with Gasteiger partial charge < -0.3 is 10.6 Å². The molecule has 1 aromatic carbocycles. The van der Waals surface area contributed by atoms with Crippen LogP contribution in [0.3, 0.4) is 0 Å². The molecular formula is C26H35F5NO7S3-. The summed E-state index contributed by atoms with van der Waals surface area (Å²) in [5, 5.41) is 0. The Morgan fingerprint density at radius 2 is 1.12 bits per heavy atom. The van der Waals surface area contributed by atoms with Crippen LogP contribution in [0.2, 0.25) is 0 Å². The highest BCUT2D eigenvalue weighted by Gasteiger charge is 2.64. The summed E-state index contributed by atoms with van der Waals surface area (Å²) >= 11 is 0. The van der Waals surface area contributed by atoms with Gasteiger partial charge in [0.25, 0.3) is 0 Å². The number of halogens is 5. The van der Waals surface area contributed by atoms with Crippen LogP contribution in [0.5, 0.6) is 5.75 Å². The van der Waals surface area contributed by atoms with Crippen LogP contribution < -0.4 is 8.31 Å². The lowest BCUT2D eigenvalue weighted by Crippen LogP contribution is -2.51. The first-order valence-electron chi connectivity index (χ1n) is 14.1. The second-order valence-electron chi connectivity index (χ2n) is 11.4. The van der Waals surface area contributed by atoms with Gasteiger partial charge in [-0.05, 0) is 60.1 Å². The minimum Gasteiger partial charge on any atom is -0.377 e. The zero-order chi connectivity index (χ0) is 31.0. The van der Waals surface area contributed by atoms with E-state index in [0.717, 1.165) is 56.9 Å². The van der Waals surface area contributed by atoms with E-state index in [1.807, 2.05) is 6.42 Å². The summed E-state index contributed by atoms with van der Waals surface area (Å²) in [5.41, 5.74) is -4.66. The normalized spacial score (nSPS) is 21.4. The van der Waals surface area contributed by atoms with E-state index in [0.29, 0.717) is 49.7 Å². The van der Waals surface area contributed by atoms with E-state index in [1.54, 1.807) is 12.1 Å². The average Bonchev–Trinajstić information content (AvgIpc) is 2.93. The van der Waals surface area contributed by atoms with E-state index in [1.165, 1.54) is 0 Å². The van der Waals surface area contributed by atoms with Crippen LogP contribution in [0.1, 0.15) is 124 Å². The molecule has 3 aliphatic rings. The van der Waals surface area contributed by atoms with E-state index in [4.69, 9.17) is 4.18 Å². The summed E-state index contributed by atoms with van der Waals surface area (Å²) < 4.78 is 140. The van der Waals surface area contributed by atoms with Gasteiger partial charge in [0, 0.05) is 0 Å². The molecule has 42 heavy (non-hydrogen) atoms. The van der Waals surface area contributed by atoms with Gasteiger partial charge in [0.2, 0.25) is 0 Å². The number of hydrogen-bond acceptors (Lipinski definition) is 7. The molecule has 8 nitrogen and oxygen atoms in total. The third-order valence-electron chi connectivity index (χ3n) is 8.49. The van der Waals surface area contributed by atoms with E-state index in [2.05, 4.69) is 0 Å². The van der Waals surface area contributed by atoms with Crippen LogP contribution in [0.25, 0.3) is 0 Å². The first-order valence-corrected chi connectivity index (χ1v) is 18.5. The second-order valence-corrected chi connectivity index (χ2v) is 16.9. The lowest BCUT2D eigenvalue weighted by atomic mass is 9.75. The number of nitrogens with one attached hydrogen (secondary N) is 1. The van der Waals surface area contributed by atoms with Gasteiger partial charge in [-0.15, -0.1) is 0 Å². The fraction of sp³-hybridized carbons (Fsp3) is 0.731. The molecule has 1 N–H and O–H groups in total. The largest absolute Gasteiger partial charge is 0.512 e. The van der Waals surface area contributed by atoms with Gasteiger partial charge in [-0.2, -0.15) is 43.2 Å². The van der Waals surface area contributed by atoms with Gasteiger partial charge in [0.15, 0.2) is 0 Å². The summed E-state index contributed by atoms with van der Waals surface area (Å²) in [7, 11) is -20.4. The van der Waals surface area contributed by atoms with Crippen LogP contribution in [0.15, 0.2) is 12.1 Å². The summed E-state index contributed by atoms with van der Waals surface area (Å²) in [4.78, 5) is 0. The first-order chi connectivity index (χ1) is 19.5. The van der Waals surface area contributed by atoms with Gasteiger partial charge >= 0.3 is 40.3 Å². The maximum absolute atomic E-state index is 15.1. The molecule has 0 bridgehead atoms. The van der Waals surface area contributed by atoms with Crippen LogP contribution in [-0.4, -0.2) is 35.3 Å². The van der Waals surface area contributed by atoms with Crippen molar-refractivity contribution >= 4 is 30.2 Å². The standard InChI is InChI=1S/C26H35F5NO7S3/c27-25(28,29)40(33,34)32-41(35,36)26(30,31)42(37,38)39-24-22(19-12-6-2-7-13-19)16-21(18-10-4-1-5-11-18)17-23(24)20-14-8-3-9-15-20/h2,16-20,32H,1,3-15H2/q-1. The first kappa shape index (κ1) is 33.4. The molecule has 3 saturated carbocycles. The molecule has 0 atom stereocenters. The van der Waals surface area contributed by atoms with E-state index < -0.39 is 46.0 Å². The maximum atomic E-state index is 15.1. The lowest BCUT2D eigenvalue weighted by Gasteiger charge is -2.34. The van der Waals surface area contributed by atoms with Crippen LogP contribution in [0, 0.1) is 6.42 Å². The molecule has 0 saturated heterocycles. The van der Waals surface area contributed by atoms with Crippen LogP contribution >= 0.6 is 0 Å². The van der Waals surface area contributed by atoms with Crippen molar-refractivity contribution < 1.29 is 51.4 Å². The Bertz CT molecular complexity index is 1400. The Kier molecular flexibility index (Phi) is 9.91. The van der Waals surface area contributed by atoms with Crippen molar-refractivity contribution in [2.45, 2.75) is 118 Å². The van der Waals surface area contributed by atoms with Crippen LogP contribution in [0.4, 0.5) is 22.0 Å². The topological polar surface area (TPSA) is 124 Å². The SMILES string of the molecule is O=S(=O)(NS(=O)(=O)C(F)(F)S(=O)(=O)Oc1c(C2CC[CH-]CC2)cc(C2CCCCC2)cc1C1CCCCC1)C(F)(F)F. The number of benzene rings is 1.